The molecule has 1 N–H and O–H groups in total. The van der Waals surface area contributed by atoms with Crippen LogP contribution in [0.25, 0.3) is 0 Å². The number of aliphatic hydroxyl groups is 1. The zero-order valence-corrected chi connectivity index (χ0v) is 21.8. The van der Waals surface area contributed by atoms with E-state index in [1.807, 2.05) is 71.1 Å². The van der Waals surface area contributed by atoms with E-state index in [9.17, 15) is 13.5 Å². The van der Waals surface area contributed by atoms with E-state index >= 15 is 0 Å². The van der Waals surface area contributed by atoms with Crippen LogP contribution in [0, 0.1) is 0 Å². The molecule has 1 saturated heterocycles. The summed E-state index contributed by atoms with van der Waals surface area (Å²) in [5.41, 5.74) is 2.56. The topological polar surface area (TPSA) is 82.1 Å². The van der Waals surface area contributed by atoms with Gasteiger partial charge < -0.3 is 14.6 Å². The molecule has 0 saturated carbocycles. The molecule has 1 unspecified atom stereocenters. The fourth-order valence-electron chi connectivity index (χ4n) is 3.86. The molecule has 1 aromatic carbocycles. The largest absolute Gasteiger partial charge is 0.385 e. The van der Waals surface area contributed by atoms with E-state index < -0.39 is 28.6 Å². The molecule has 1 aromatic rings. The molecule has 7 heteroatoms. The molecule has 0 amide bonds. The second kappa shape index (κ2) is 11.8. The maximum atomic E-state index is 13.4. The van der Waals surface area contributed by atoms with Crippen LogP contribution in [-0.2, 0) is 23.8 Å². The normalized spacial score (nSPS) is 17.9. The first kappa shape index (κ1) is 27.7. The Morgan fingerprint density at radius 1 is 1.00 bits per heavy atom. The van der Waals surface area contributed by atoms with Gasteiger partial charge in [0.1, 0.15) is 11.0 Å². The van der Waals surface area contributed by atoms with Crippen molar-refractivity contribution in [2.75, 3.05) is 19.8 Å². The third-order valence-electron chi connectivity index (χ3n) is 5.84. The van der Waals surface area contributed by atoms with Gasteiger partial charge in [-0.05, 0) is 41.4 Å². The number of hydrogen-bond acceptors (Lipinski definition) is 6. The summed E-state index contributed by atoms with van der Waals surface area (Å²) < 4.78 is 43.7. The summed E-state index contributed by atoms with van der Waals surface area (Å²) >= 11 is 0. The minimum atomic E-state index is -4.13. The van der Waals surface area contributed by atoms with Crippen LogP contribution >= 0.6 is 0 Å². The number of hydrogen-bond donors (Lipinski definition) is 1. The van der Waals surface area contributed by atoms with Crippen molar-refractivity contribution in [3.63, 3.8) is 0 Å². The van der Waals surface area contributed by atoms with Crippen molar-refractivity contribution in [2.24, 2.45) is 0 Å². The number of allylic oxidation sites excluding steroid dienone is 3. The Hall–Kier alpha value is -1.51. The van der Waals surface area contributed by atoms with Gasteiger partial charge in [0.2, 0.25) is 0 Å². The highest BCUT2D eigenvalue weighted by Gasteiger charge is 2.44. The summed E-state index contributed by atoms with van der Waals surface area (Å²) in [6.45, 7) is 14.2. The van der Waals surface area contributed by atoms with E-state index in [0.717, 1.165) is 16.7 Å². The predicted molar refractivity (Wildman–Crippen MR) is 131 cm³/mol. The van der Waals surface area contributed by atoms with E-state index in [0.29, 0.717) is 13.2 Å². The number of benzene rings is 1. The van der Waals surface area contributed by atoms with Crippen LogP contribution in [0.3, 0.4) is 0 Å². The third kappa shape index (κ3) is 6.76. The molecule has 1 aliphatic rings. The zero-order valence-electron chi connectivity index (χ0n) is 21.0. The van der Waals surface area contributed by atoms with E-state index in [1.54, 1.807) is 0 Å². The highest BCUT2D eigenvalue weighted by molar-refractivity contribution is 7.86. The molecule has 1 heterocycles. The van der Waals surface area contributed by atoms with Gasteiger partial charge in [-0.25, -0.2) is 0 Å². The Bertz CT molecular complexity index is 909. The fraction of sp³-hybridized carbons (Fsp3) is 0.615. The van der Waals surface area contributed by atoms with Gasteiger partial charge in [0.05, 0.1) is 19.8 Å². The number of rotatable bonds is 11. The monoisotopic (exact) mass is 480 g/mol. The summed E-state index contributed by atoms with van der Waals surface area (Å²) in [5, 5.41) is 10.8. The molecule has 6 nitrogen and oxygen atoms in total. The van der Waals surface area contributed by atoms with Crippen LogP contribution in [0.2, 0.25) is 0 Å². The molecular formula is C26H40O6S. The lowest BCUT2D eigenvalue weighted by Gasteiger charge is -2.31. The average Bonchev–Trinajstić information content (AvgIpc) is 3.24. The lowest BCUT2D eigenvalue weighted by Crippen LogP contribution is -2.46. The second-order valence-electron chi connectivity index (χ2n) is 9.41. The molecule has 0 aromatic heterocycles. The fourth-order valence-corrected chi connectivity index (χ4v) is 5.45. The Morgan fingerprint density at radius 2 is 1.55 bits per heavy atom. The van der Waals surface area contributed by atoms with Gasteiger partial charge in [0.15, 0.2) is 5.79 Å². The van der Waals surface area contributed by atoms with Gasteiger partial charge in [0, 0.05) is 6.42 Å². The SMILES string of the molecule is CC=CC=CCC1(C(O)COS(=O)(=O)c2c(C(C)C)cc(C(C)C)cc2C(C)C)OCCO1. The van der Waals surface area contributed by atoms with Crippen molar-refractivity contribution in [3.8, 4) is 0 Å². The first-order chi connectivity index (χ1) is 15.4. The van der Waals surface area contributed by atoms with Crippen molar-refractivity contribution >= 4 is 10.1 Å². The molecule has 0 radical (unpaired) electrons. The number of ether oxygens (including phenoxy) is 2. The van der Waals surface area contributed by atoms with Crippen LogP contribution in [-0.4, -0.2) is 45.2 Å². The summed E-state index contributed by atoms with van der Waals surface area (Å²) in [4.78, 5) is 0.208. The van der Waals surface area contributed by atoms with Crippen LogP contribution in [0.4, 0.5) is 0 Å². The van der Waals surface area contributed by atoms with Gasteiger partial charge in [-0.1, -0.05) is 78.0 Å². The molecule has 1 atom stereocenters. The standard InChI is InChI=1S/C26H40O6S/c1-8-9-10-11-12-26(30-13-14-31-26)24(27)17-32-33(28,29)25-22(19(4)5)15-21(18(2)3)16-23(25)20(6)7/h8-11,15-16,18-20,24,27H,12-14,17H2,1-7H3. The first-order valence-electron chi connectivity index (χ1n) is 11.8. The maximum absolute atomic E-state index is 13.4. The molecule has 0 aliphatic carbocycles. The van der Waals surface area contributed by atoms with Crippen molar-refractivity contribution in [2.45, 2.75) is 89.4 Å². The highest BCUT2D eigenvalue weighted by atomic mass is 32.2. The van der Waals surface area contributed by atoms with Gasteiger partial charge in [0.25, 0.3) is 10.1 Å². The smallest absolute Gasteiger partial charge is 0.297 e. The van der Waals surface area contributed by atoms with Crippen molar-refractivity contribution < 1.29 is 27.2 Å². The van der Waals surface area contributed by atoms with Crippen molar-refractivity contribution in [3.05, 3.63) is 53.1 Å². The molecule has 186 valence electrons. The maximum Gasteiger partial charge on any atom is 0.297 e. The summed E-state index contributed by atoms with van der Waals surface area (Å²) in [6, 6.07) is 3.93. The van der Waals surface area contributed by atoms with Crippen molar-refractivity contribution in [1.82, 2.24) is 0 Å². The van der Waals surface area contributed by atoms with Crippen LogP contribution < -0.4 is 0 Å². The Balaban J connectivity index is 2.36. The van der Waals surface area contributed by atoms with E-state index in [2.05, 4.69) is 13.8 Å². The second-order valence-corrected chi connectivity index (χ2v) is 11.0. The quantitative estimate of drug-likeness (QED) is 0.338. The summed E-state index contributed by atoms with van der Waals surface area (Å²) in [5.74, 6) is -1.07. The zero-order chi connectivity index (χ0) is 24.8. The molecule has 1 aliphatic heterocycles. The Labute approximate surface area is 199 Å². The van der Waals surface area contributed by atoms with E-state index in [4.69, 9.17) is 13.7 Å². The summed E-state index contributed by atoms with van der Waals surface area (Å²) in [6.07, 6.45) is 6.40. The minimum absolute atomic E-state index is 0.0101. The Kier molecular flexibility index (Phi) is 9.88. The van der Waals surface area contributed by atoms with Gasteiger partial charge in [-0.15, -0.1) is 0 Å². The predicted octanol–water partition coefficient (Wildman–Crippen LogP) is 5.39. The molecule has 1 fully saturated rings. The molecule has 0 spiro atoms. The minimum Gasteiger partial charge on any atom is -0.385 e. The molecule has 33 heavy (non-hydrogen) atoms. The highest BCUT2D eigenvalue weighted by Crippen LogP contribution is 2.36. The van der Waals surface area contributed by atoms with Crippen LogP contribution in [0.5, 0.6) is 0 Å². The van der Waals surface area contributed by atoms with Crippen LogP contribution in [0.1, 0.15) is 89.3 Å². The lowest BCUT2D eigenvalue weighted by molar-refractivity contribution is -0.223. The van der Waals surface area contributed by atoms with Gasteiger partial charge >= 0.3 is 0 Å². The van der Waals surface area contributed by atoms with Crippen LogP contribution in [0.15, 0.2) is 41.3 Å². The first-order valence-corrected chi connectivity index (χ1v) is 13.2. The Morgan fingerprint density at radius 3 is 2.00 bits per heavy atom. The van der Waals surface area contributed by atoms with Gasteiger partial charge in [-0.3, -0.25) is 4.18 Å². The molecular weight excluding hydrogens is 440 g/mol. The van der Waals surface area contributed by atoms with E-state index in [-0.39, 0.29) is 29.1 Å². The molecule has 2 rings (SSSR count). The third-order valence-corrected chi connectivity index (χ3v) is 7.25. The number of aliphatic hydroxyl groups excluding tert-OH is 1. The van der Waals surface area contributed by atoms with Gasteiger partial charge in [-0.2, -0.15) is 8.42 Å². The molecule has 0 bridgehead atoms. The van der Waals surface area contributed by atoms with Crippen molar-refractivity contribution in [1.29, 1.82) is 0 Å². The van der Waals surface area contributed by atoms with E-state index in [1.165, 1.54) is 0 Å². The summed E-state index contributed by atoms with van der Waals surface area (Å²) in [7, 11) is -4.13. The lowest BCUT2D eigenvalue weighted by atomic mass is 9.89. The average molecular weight is 481 g/mol.